The van der Waals surface area contributed by atoms with Crippen LogP contribution in [0, 0.1) is 5.82 Å². The van der Waals surface area contributed by atoms with Crippen molar-refractivity contribution in [3.05, 3.63) is 59.9 Å². The lowest BCUT2D eigenvalue weighted by Crippen LogP contribution is -2.33. The minimum absolute atomic E-state index is 0.150. The van der Waals surface area contributed by atoms with E-state index in [-0.39, 0.29) is 24.2 Å². The zero-order chi connectivity index (χ0) is 18.2. The van der Waals surface area contributed by atoms with E-state index in [1.165, 1.54) is 13.0 Å². The molecule has 0 saturated heterocycles. The first-order chi connectivity index (χ1) is 12.0. The molecule has 5 nitrogen and oxygen atoms in total. The number of nitrogens with one attached hydrogen (secondary N) is 2. The fraction of sp³-hybridized carbons (Fsp3) is 0.263. The Morgan fingerprint density at radius 3 is 2.16 bits per heavy atom. The SMILES string of the molecule is CCN(CC(=O)Nc1ccc(NC(C)=O)cc1)Cc1ccccc1F. The van der Waals surface area contributed by atoms with Crippen molar-refractivity contribution in [1.29, 1.82) is 0 Å². The van der Waals surface area contributed by atoms with Gasteiger partial charge in [-0.2, -0.15) is 0 Å². The number of benzene rings is 2. The fourth-order valence-electron chi connectivity index (χ4n) is 2.39. The Morgan fingerprint density at radius 1 is 1.00 bits per heavy atom. The number of hydrogen-bond acceptors (Lipinski definition) is 3. The summed E-state index contributed by atoms with van der Waals surface area (Å²) in [5.74, 6) is -0.594. The summed E-state index contributed by atoms with van der Waals surface area (Å²) in [7, 11) is 0. The molecule has 2 aromatic rings. The van der Waals surface area contributed by atoms with Gasteiger partial charge in [0.1, 0.15) is 5.82 Å². The molecule has 0 aliphatic heterocycles. The molecule has 0 radical (unpaired) electrons. The van der Waals surface area contributed by atoms with Crippen molar-refractivity contribution >= 4 is 23.2 Å². The first-order valence-electron chi connectivity index (χ1n) is 8.11. The third-order valence-corrected chi connectivity index (χ3v) is 3.66. The number of carbonyl (C=O) groups is 2. The maximum Gasteiger partial charge on any atom is 0.238 e. The molecular formula is C19H22FN3O2. The first-order valence-corrected chi connectivity index (χ1v) is 8.11. The molecule has 2 aromatic carbocycles. The minimum Gasteiger partial charge on any atom is -0.326 e. The number of halogens is 1. The molecular weight excluding hydrogens is 321 g/mol. The molecule has 0 fully saturated rings. The average Bonchev–Trinajstić information content (AvgIpc) is 2.57. The molecule has 132 valence electrons. The highest BCUT2D eigenvalue weighted by Crippen LogP contribution is 2.14. The van der Waals surface area contributed by atoms with E-state index in [9.17, 15) is 14.0 Å². The van der Waals surface area contributed by atoms with Gasteiger partial charge in [-0.3, -0.25) is 14.5 Å². The van der Waals surface area contributed by atoms with Gasteiger partial charge >= 0.3 is 0 Å². The zero-order valence-electron chi connectivity index (χ0n) is 14.4. The van der Waals surface area contributed by atoms with Gasteiger partial charge in [0.2, 0.25) is 11.8 Å². The number of anilines is 2. The molecule has 0 bridgehead atoms. The van der Waals surface area contributed by atoms with E-state index in [2.05, 4.69) is 10.6 Å². The Kier molecular flexibility index (Phi) is 6.65. The third-order valence-electron chi connectivity index (χ3n) is 3.66. The van der Waals surface area contributed by atoms with Crippen molar-refractivity contribution < 1.29 is 14.0 Å². The van der Waals surface area contributed by atoms with Crippen LogP contribution in [0.5, 0.6) is 0 Å². The van der Waals surface area contributed by atoms with Crippen LogP contribution in [0.3, 0.4) is 0 Å². The molecule has 0 aliphatic rings. The molecule has 0 spiro atoms. The summed E-state index contributed by atoms with van der Waals surface area (Å²) in [5.41, 5.74) is 1.87. The zero-order valence-corrected chi connectivity index (χ0v) is 14.4. The molecule has 0 heterocycles. The van der Waals surface area contributed by atoms with Gasteiger partial charge < -0.3 is 10.6 Å². The van der Waals surface area contributed by atoms with Crippen LogP contribution in [0.25, 0.3) is 0 Å². The molecule has 2 rings (SSSR count). The lowest BCUT2D eigenvalue weighted by molar-refractivity contribution is -0.117. The minimum atomic E-state index is -0.269. The van der Waals surface area contributed by atoms with E-state index in [4.69, 9.17) is 0 Å². The van der Waals surface area contributed by atoms with E-state index < -0.39 is 0 Å². The number of likely N-dealkylation sites (N-methyl/N-ethyl adjacent to an activating group) is 1. The maximum absolute atomic E-state index is 13.7. The van der Waals surface area contributed by atoms with Crippen LogP contribution in [0.2, 0.25) is 0 Å². The van der Waals surface area contributed by atoms with E-state index in [1.54, 1.807) is 42.5 Å². The highest BCUT2D eigenvalue weighted by atomic mass is 19.1. The second-order valence-corrected chi connectivity index (χ2v) is 5.70. The Morgan fingerprint density at radius 2 is 1.60 bits per heavy atom. The largest absolute Gasteiger partial charge is 0.326 e. The van der Waals surface area contributed by atoms with Crippen LogP contribution in [-0.4, -0.2) is 29.8 Å². The van der Waals surface area contributed by atoms with Crippen molar-refractivity contribution in [2.24, 2.45) is 0 Å². The van der Waals surface area contributed by atoms with Gasteiger partial charge in [0.25, 0.3) is 0 Å². The molecule has 2 amide bonds. The highest BCUT2D eigenvalue weighted by molar-refractivity contribution is 5.93. The second kappa shape index (κ2) is 8.94. The van der Waals surface area contributed by atoms with Crippen LogP contribution in [0.4, 0.5) is 15.8 Å². The lowest BCUT2D eigenvalue weighted by Gasteiger charge is -2.20. The molecule has 0 saturated carbocycles. The molecule has 25 heavy (non-hydrogen) atoms. The predicted molar refractivity (Wildman–Crippen MR) is 96.7 cm³/mol. The summed E-state index contributed by atoms with van der Waals surface area (Å²) in [4.78, 5) is 25.1. The van der Waals surface area contributed by atoms with Gasteiger partial charge in [0, 0.05) is 30.4 Å². The molecule has 0 aliphatic carbocycles. The Bertz CT molecular complexity index is 732. The van der Waals surface area contributed by atoms with Gasteiger partial charge in [0.15, 0.2) is 0 Å². The average molecular weight is 343 g/mol. The molecule has 6 heteroatoms. The third kappa shape index (κ3) is 6.00. The monoisotopic (exact) mass is 343 g/mol. The molecule has 0 aromatic heterocycles. The van der Waals surface area contributed by atoms with Crippen LogP contribution >= 0.6 is 0 Å². The topological polar surface area (TPSA) is 61.4 Å². The van der Waals surface area contributed by atoms with Gasteiger partial charge in [-0.1, -0.05) is 25.1 Å². The summed E-state index contributed by atoms with van der Waals surface area (Å²) in [5, 5.41) is 5.46. The number of nitrogens with zero attached hydrogens (tertiary/aromatic N) is 1. The fourth-order valence-corrected chi connectivity index (χ4v) is 2.39. The Labute approximate surface area is 146 Å². The molecule has 2 N–H and O–H groups in total. The van der Waals surface area contributed by atoms with Gasteiger partial charge in [-0.05, 0) is 36.9 Å². The van der Waals surface area contributed by atoms with Gasteiger partial charge in [0.05, 0.1) is 6.54 Å². The van der Waals surface area contributed by atoms with E-state index in [1.807, 2.05) is 11.8 Å². The quantitative estimate of drug-likeness (QED) is 0.811. The van der Waals surface area contributed by atoms with Gasteiger partial charge in [-0.15, -0.1) is 0 Å². The Balaban J connectivity index is 1.91. The van der Waals surface area contributed by atoms with E-state index >= 15 is 0 Å². The second-order valence-electron chi connectivity index (χ2n) is 5.70. The van der Waals surface area contributed by atoms with Gasteiger partial charge in [-0.25, -0.2) is 4.39 Å². The Hall–Kier alpha value is -2.73. The van der Waals surface area contributed by atoms with Crippen molar-refractivity contribution in [2.45, 2.75) is 20.4 Å². The number of rotatable bonds is 7. The predicted octanol–water partition coefficient (Wildman–Crippen LogP) is 3.24. The summed E-state index contributed by atoms with van der Waals surface area (Å²) < 4.78 is 13.7. The van der Waals surface area contributed by atoms with Crippen molar-refractivity contribution in [2.75, 3.05) is 23.7 Å². The van der Waals surface area contributed by atoms with E-state index in [0.717, 1.165) is 0 Å². The number of hydrogen-bond donors (Lipinski definition) is 2. The summed E-state index contributed by atoms with van der Waals surface area (Å²) >= 11 is 0. The van der Waals surface area contributed by atoms with Crippen LogP contribution in [0.1, 0.15) is 19.4 Å². The summed E-state index contributed by atoms with van der Waals surface area (Å²) in [6.45, 7) is 4.53. The van der Waals surface area contributed by atoms with Crippen LogP contribution < -0.4 is 10.6 Å². The highest BCUT2D eigenvalue weighted by Gasteiger charge is 2.12. The normalized spacial score (nSPS) is 10.6. The standard InChI is InChI=1S/C19H22FN3O2/c1-3-23(12-15-6-4-5-7-18(15)20)13-19(25)22-17-10-8-16(9-11-17)21-14(2)24/h4-11H,3,12-13H2,1-2H3,(H,21,24)(H,22,25). The van der Waals surface area contributed by atoms with Crippen LogP contribution in [0.15, 0.2) is 48.5 Å². The first kappa shape index (κ1) is 18.6. The van der Waals surface area contributed by atoms with Crippen LogP contribution in [-0.2, 0) is 16.1 Å². The number of amides is 2. The molecule has 0 unspecified atom stereocenters. The lowest BCUT2D eigenvalue weighted by atomic mass is 10.2. The number of carbonyl (C=O) groups excluding carboxylic acids is 2. The summed E-state index contributed by atoms with van der Waals surface area (Å²) in [6.07, 6.45) is 0. The van der Waals surface area contributed by atoms with E-state index in [0.29, 0.717) is 30.0 Å². The van der Waals surface area contributed by atoms with Crippen molar-refractivity contribution in [1.82, 2.24) is 4.90 Å². The molecule has 0 atom stereocenters. The van der Waals surface area contributed by atoms with Crippen molar-refractivity contribution in [3.8, 4) is 0 Å². The van der Waals surface area contributed by atoms with Crippen molar-refractivity contribution in [3.63, 3.8) is 0 Å². The maximum atomic E-state index is 13.7. The smallest absolute Gasteiger partial charge is 0.238 e. The summed E-state index contributed by atoms with van der Waals surface area (Å²) in [6, 6.07) is 13.4.